The molecule has 0 unspecified atom stereocenters. The third-order valence-corrected chi connectivity index (χ3v) is 7.02. The largest absolute Gasteiger partial charge is 0.0647 e. The van der Waals surface area contributed by atoms with Crippen molar-refractivity contribution in [3.63, 3.8) is 0 Å². The first-order valence-corrected chi connectivity index (χ1v) is 13.0. The Labute approximate surface area is 222 Å². The number of hydrogen-bond acceptors (Lipinski definition) is 0. The molecule has 0 bridgehead atoms. The van der Waals surface area contributed by atoms with Crippen molar-refractivity contribution in [3.8, 4) is 0 Å². The van der Waals surface area contributed by atoms with E-state index in [4.69, 9.17) is 0 Å². The highest BCUT2D eigenvalue weighted by atomic mass is 79.9. The first-order chi connectivity index (χ1) is 17.8. The number of rotatable bonds is 7. The molecular formula is C35H27Br. The van der Waals surface area contributed by atoms with E-state index >= 15 is 0 Å². The maximum Gasteiger partial charge on any atom is 0.0228 e. The highest BCUT2D eigenvalue weighted by molar-refractivity contribution is 9.10. The second-order valence-corrected chi connectivity index (χ2v) is 9.53. The molecule has 174 valence electrons. The van der Waals surface area contributed by atoms with Crippen LogP contribution in [0.1, 0.15) is 33.7 Å². The van der Waals surface area contributed by atoms with Gasteiger partial charge in [0.25, 0.3) is 0 Å². The molecule has 0 heterocycles. The van der Waals surface area contributed by atoms with Gasteiger partial charge in [-0.2, -0.15) is 0 Å². The molecule has 1 heteroatoms. The van der Waals surface area contributed by atoms with E-state index in [2.05, 4.69) is 174 Å². The van der Waals surface area contributed by atoms with Gasteiger partial charge in [0.05, 0.1) is 0 Å². The lowest BCUT2D eigenvalue weighted by molar-refractivity contribution is 1.07. The van der Waals surface area contributed by atoms with E-state index in [9.17, 15) is 0 Å². The average molecular weight is 528 g/mol. The number of halogens is 1. The van der Waals surface area contributed by atoms with Crippen LogP contribution in [0.4, 0.5) is 0 Å². The Morgan fingerprint density at radius 1 is 0.417 bits per heavy atom. The summed E-state index contributed by atoms with van der Waals surface area (Å²) >= 11 is 3.84. The molecule has 0 nitrogen and oxygen atoms in total. The molecule has 0 atom stereocenters. The summed E-state index contributed by atoms with van der Waals surface area (Å²) in [6.45, 7) is 0. The first kappa shape index (κ1) is 23.8. The SMILES string of the molecule is Brc1ccccc1C(C=C(c1ccccc1)c1ccccc1)C=C(c1ccccc1)c1ccccc1. The molecule has 0 aliphatic carbocycles. The van der Waals surface area contributed by atoms with Crippen molar-refractivity contribution in [2.24, 2.45) is 0 Å². The van der Waals surface area contributed by atoms with Crippen LogP contribution in [0.5, 0.6) is 0 Å². The van der Waals surface area contributed by atoms with Gasteiger partial charge in [0, 0.05) is 10.4 Å². The van der Waals surface area contributed by atoms with Crippen molar-refractivity contribution in [1.82, 2.24) is 0 Å². The van der Waals surface area contributed by atoms with E-state index in [1.807, 2.05) is 0 Å². The molecule has 0 N–H and O–H groups in total. The van der Waals surface area contributed by atoms with Gasteiger partial charge in [0.15, 0.2) is 0 Å². The molecule has 5 rings (SSSR count). The van der Waals surface area contributed by atoms with Crippen LogP contribution in [0.2, 0.25) is 0 Å². The van der Waals surface area contributed by atoms with Gasteiger partial charge in [0.2, 0.25) is 0 Å². The Hall–Kier alpha value is -3.94. The standard InChI is InChI=1S/C35H27Br/c36-35-24-14-13-23-32(35)31(25-33(27-15-5-1-6-16-27)28-17-7-2-8-18-28)26-34(29-19-9-3-10-20-29)30-21-11-4-12-22-30/h1-26,31H. The van der Waals surface area contributed by atoms with Gasteiger partial charge in [-0.25, -0.2) is 0 Å². The van der Waals surface area contributed by atoms with Crippen LogP contribution >= 0.6 is 15.9 Å². The smallest absolute Gasteiger partial charge is 0.0228 e. The topological polar surface area (TPSA) is 0 Å². The van der Waals surface area contributed by atoms with E-state index in [0.717, 1.165) is 4.47 Å². The van der Waals surface area contributed by atoms with Gasteiger partial charge >= 0.3 is 0 Å². The number of allylic oxidation sites excluding steroid dienone is 2. The van der Waals surface area contributed by atoms with Gasteiger partial charge in [-0.15, -0.1) is 0 Å². The molecule has 0 radical (unpaired) electrons. The molecule has 0 fully saturated rings. The fourth-order valence-corrected chi connectivity index (χ4v) is 5.07. The maximum atomic E-state index is 3.84. The van der Waals surface area contributed by atoms with Crippen LogP contribution in [-0.2, 0) is 0 Å². The van der Waals surface area contributed by atoms with Gasteiger partial charge in [-0.05, 0) is 45.0 Å². The van der Waals surface area contributed by atoms with Crippen molar-refractivity contribution in [1.29, 1.82) is 0 Å². The minimum Gasteiger partial charge on any atom is -0.0647 e. The molecule has 36 heavy (non-hydrogen) atoms. The fourth-order valence-electron chi connectivity index (χ4n) is 4.52. The summed E-state index contributed by atoms with van der Waals surface area (Å²) in [6.07, 6.45) is 4.80. The van der Waals surface area contributed by atoms with Crippen molar-refractivity contribution in [2.75, 3.05) is 0 Å². The zero-order valence-corrected chi connectivity index (χ0v) is 21.6. The van der Waals surface area contributed by atoms with Crippen LogP contribution in [-0.4, -0.2) is 0 Å². The van der Waals surface area contributed by atoms with Gasteiger partial charge in [-0.1, -0.05) is 168 Å². The molecular weight excluding hydrogens is 500 g/mol. The lowest BCUT2D eigenvalue weighted by atomic mass is 9.87. The van der Waals surface area contributed by atoms with Crippen molar-refractivity contribution >= 4 is 27.1 Å². The molecule has 0 spiro atoms. The van der Waals surface area contributed by atoms with E-state index in [1.54, 1.807) is 0 Å². The molecule has 5 aromatic carbocycles. The van der Waals surface area contributed by atoms with Crippen LogP contribution in [0.15, 0.2) is 162 Å². The van der Waals surface area contributed by atoms with Crippen LogP contribution in [0, 0.1) is 0 Å². The predicted octanol–water partition coefficient (Wildman–Crippen LogP) is 9.80. The minimum atomic E-state index is 0.0337. The first-order valence-electron chi connectivity index (χ1n) is 12.2. The molecule has 0 saturated heterocycles. The zero-order valence-electron chi connectivity index (χ0n) is 20.0. The molecule has 0 aliphatic rings. The predicted molar refractivity (Wildman–Crippen MR) is 157 cm³/mol. The second-order valence-electron chi connectivity index (χ2n) is 8.67. The third kappa shape index (κ3) is 5.64. The highest BCUT2D eigenvalue weighted by Crippen LogP contribution is 2.36. The summed E-state index contributed by atoms with van der Waals surface area (Å²) in [4.78, 5) is 0. The zero-order chi connectivity index (χ0) is 24.6. The summed E-state index contributed by atoms with van der Waals surface area (Å²) < 4.78 is 1.10. The lowest BCUT2D eigenvalue weighted by Crippen LogP contribution is -1.99. The average Bonchev–Trinajstić information content (AvgIpc) is 2.96. The van der Waals surface area contributed by atoms with Crippen LogP contribution < -0.4 is 0 Å². The third-order valence-electron chi connectivity index (χ3n) is 6.30. The Bertz CT molecular complexity index is 1270. The Balaban J connectivity index is 1.76. The minimum absolute atomic E-state index is 0.0337. The van der Waals surface area contributed by atoms with Gasteiger partial charge in [0.1, 0.15) is 0 Å². The summed E-state index contributed by atoms with van der Waals surface area (Å²) in [7, 11) is 0. The van der Waals surface area contributed by atoms with Gasteiger partial charge in [-0.3, -0.25) is 0 Å². The quantitative estimate of drug-likeness (QED) is 0.198. The Kier molecular flexibility index (Phi) is 7.70. The monoisotopic (exact) mass is 526 g/mol. The highest BCUT2D eigenvalue weighted by Gasteiger charge is 2.16. The summed E-state index contributed by atoms with van der Waals surface area (Å²) in [5, 5.41) is 0. The van der Waals surface area contributed by atoms with Crippen molar-refractivity contribution in [3.05, 3.63) is 190 Å². The molecule has 0 aliphatic heterocycles. The van der Waals surface area contributed by atoms with E-state index in [1.165, 1.54) is 39.0 Å². The molecule has 0 aromatic heterocycles. The Morgan fingerprint density at radius 3 is 1.06 bits per heavy atom. The number of benzene rings is 5. The normalized spacial score (nSPS) is 10.6. The van der Waals surface area contributed by atoms with Crippen molar-refractivity contribution in [2.45, 2.75) is 5.92 Å². The van der Waals surface area contributed by atoms with Crippen LogP contribution in [0.3, 0.4) is 0 Å². The lowest BCUT2D eigenvalue weighted by Gasteiger charge is -2.18. The summed E-state index contributed by atoms with van der Waals surface area (Å²) in [5.74, 6) is 0.0337. The summed E-state index contributed by atoms with van der Waals surface area (Å²) in [5.41, 5.74) is 8.48. The Morgan fingerprint density at radius 2 is 0.722 bits per heavy atom. The van der Waals surface area contributed by atoms with Crippen LogP contribution in [0.25, 0.3) is 11.1 Å². The second kappa shape index (κ2) is 11.7. The van der Waals surface area contributed by atoms with E-state index in [0.29, 0.717) is 0 Å². The maximum absolute atomic E-state index is 3.84. The molecule has 0 amide bonds. The van der Waals surface area contributed by atoms with Gasteiger partial charge < -0.3 is 0 Å². The fraction of sp³-hybridized carbons (Fsp3) is 0.0286. The molecule has 5 aromatic rings. The van der Waals surface area contributed by atoms with Crippen molar-refractivity contribution < 1.29 is 0 Å². The number of hydrogen-bond donors (Lipinski definition) is 0. The summed E-state index contributed by atoms with van der Waals surface area (Å²) in [6, 6.07) is 51.2. The molecule has 0 saturated carbocycles. The van der Waals surface area contributed by atoms with E-state index < -0.39 is 0 Å². The van der Waals surface area contributed by atoms with E-state index in [-0.39, 0.29) is 5.92 Å².